The molecule has 0 rings (SSSR count). The number of hydrogen-bond acceptors (Lipinski definition) is 2. The second kappa shape index (κ2) is 8.05. The number of carbonyl (C=O) groups excluding carboxylic acids is 1. The van der Waals surface area contributed by atoms with Crippen LogP contribution in [0.5, 0.6) is 0 Å². The third kappa shape index (κ3) is 6.10. The van der Waals surface area contributed by atoms with Crippen molar-refractivity contribution < 1.29 is 4.79 Å². The van der Waals surface area contributed by atoms with Crippen LogP contribution in [0.15, 0.2) is 11.8 Å². The van der Waals surface area contributed by atoms with Gasteiger partial charge >= 0.3 is 100.0 Å². The van der Waals surface area contributed by atoms with Gasteiger partial charge in [-0.2, -0.15) is 0 Å². The molecule has 0 heterocycles. The van der Waals surface area contributed by atoms with E-state index in [1.165, 1.54) is 22.8 Å². The fourth-order valence-electron chi connectivity index (χ4n) is 1.88. The van der Waals surface area contributed by atoms with Crippen LogP contribution in [-0.4, -0.2) is 32.9 Å². The Morgan fingerprint density at radius 2 is 1.67 bits per heavy atom. The van der Waals surface area contributed by atoms with Crippen molar-refractivity contribution >= 4 is 22.2 Å². The van der Waals surface area contributed by atoms with Gasteiger partial charge in [-0.1, -0.05) is 0 Å². The van der Waals surface area contributed by atoms with Crippen LogP contribution in [0.1, 0.15) is 40.5 Å². The van der Waals surface area contributed by atoms with E-state index in [0.29, 0.717) is 0 Å². The Morgan fingerprint density at radius 1 is 1.20 bits per heavy atom. The molecular weight excluding hydrogens is 244 g/mol. The van der Waals surface area contributed by atoms with E-state index in [1.807, 2.05) is 0 Å². The number of hydrogen-bond donors (Lipinski definition) is 0. The van der Waals surface area contributed by atoms with Crippen LogP contribution < -0.4 is 0 Å². The Labute approximate surface area is 100 Å². The average molecular weight is 268 g/mol. The summed E-state index contributed by atoms with van der Waals surface area (Å²) < 4.78 is 2.43. The van der Waals surface area contributed by atoms with E-state index in [0.717, 1.165) is 5.70 Å². The Bertz CT molecular complexity index is 220. The van der Waals surface area contributed by atoms with Crippen LogP contribution in [0.25, 0.3) is 0 Å². The Hall–Kier alpha value is -0.154. The molecule has 0 aliphatic rings. The van der Waals surface area contributed by atoms with Gasteiger partial charge in [0.1, 0.15) is 0 Å². The summed E-state index contributed by atoms with van der Waals surface area (Å²) in [4.78, 5) is 13.8. The molecule has 0 amide bonds. The molecular formula is C12H24GaNO. The SMILES string of the molecule is CC[CH2][Ga]([CH2]CC)[N](C)/C(C)=C\C(C)=O. The number of allylic oxidation sites excluding steroid dienone is 2. The second-order valence-electron chi connectivity index (χ2n) is 4.24. The normalized spacial score (nSPS) is 11.4. The van der Waals surface area contributed by atoms with E-state index in [-0.39, 0.29) is 5.78 Å². The summed E-state index contributed by atoms with van der Waals surface area (Å²) in [5.41, 5.74) is 1.16. The van der Waals surface area contributed by atoms with Crippen molar-refractivity contribution in [3.63, 3.8) is 0 Å². The molecule has 0 N–H and O–H groups in total. The summed E-state index contributed by atoms with van der Waals surface area (Å²) in [5, 5.41) is 0. The average Bonchev–Trinajstić information content (AvgIpc) is 2.15. The first-order valence-corrected chi connectivity index (χ1v) is 10.5. The van der Waals surface area contributed by atoms with Gasteiger partial charge in [0.2, 0.25) is 0 Å². The zero-order valence-corrected chi connectivity index (χ0v) is 13.3. The fraction of sp³-hybridized carbons (Fsp3) is 0.750. The fourth-order valence-corrected chi connectivity index (χ4v) is 8.27. The molecule has 0 fully saturated rings. The minimum absolute atomic E-state index is 0.161. The number of ketones is 1. The van der Waals surface area contributed by atoms with Gasteiger partial charge in [0.05, 0.1) is 0 Å². The molecule has 86 valence electrons. The zero-order chi connectivity index (χ0) is 11.8. The maximum absolute atomic E-state index is 11.0. The molecule has 0 aromatic heterocycles. The van der Waals surface area contributed by atoms with Gasteiger partial charge in [0, 0.05) is 0 Å². The molecule has 0 aromatic carbocycles. The van der Waals surface area contributed by atoms with Crippen LogP contribution >= 0.6 is 0 Å². The third-order valence-corrected chi connectivity index (χ3v) is 11.1. The van der Waals surface area contributed by atoms with Crippen molar-refractivity contribution in [2.45, 2.75) is 50.5 Å². The van der Waals surface area contributed by atoms with Crippen molar-refractivity contribution in [2.75, 3.05) is 7.05 Å². The van der Waals surface area contributed by atoms with Crippen molar-refractivity contribution in [3.8, 4) is 0 Å². The minimum atomic E-state index is -1.33. The van der Waals surface area contributed by atoms with Gasteiger partial charge in [-0.15, -0.1) is 0 Å². The summed E-state index contributed by atoms with van der Waals surface area (Å²) in [7, 11) is 2.17. The van der Waals surface area contributed by atoms with Gasteiger partial charge in [-0.05, 0) is 0 Å². The third-order valence-electron chi connectivity index (χ3n) is 2.76. The predicted octanol–water partition coefficient (Wildman–Crippen LogP) is 3.22. The van der Waals surface area contributed by atoms with E-state index in [9.17, 15) is 4.79 Å². The van der Waals surface area contributed by atoms with Crippen molar-refractivity contribution in [1.82, 2.24) is 3.61 Å². The topological polar surface area (TPSA) is 20.3 Å². The summed E-state index contributed by atoms with van der Waals surface area (Å²) in [6, 6.07) is 0. The summed E-state index contributed by atoms with van der Waals surface area (Å²) in [6.45, 7) is 8.20. The molecule has 2 nitrogen and oxygen atoms in total. The maximum atomic E-state index is 11.0. The first-order valence-electron chi connectivity index (χ1n) is 5.94. The quantitative estimate of drug-likeness (QED) is 0.522. The number of nitrogens with zero attached hydrogens (tertiary/aromatic N) is 1. The molecule has 0 radical (unpaired) electrons. The van der Waals surface area contributed by atoms with E-state index in [2.05, 4.69) is 31.4 Å². The summed E-state index contributed by atoms with van der Waals surface area (Å²) >= 11 is -1.33. The molecule has 0 atom stereocenters. The van der Waals surface area contributed by atoms with E-state index in [4.69, 9.17) is 0 Å². The van der Waals surface area contributed by atoms with Crippen LogP contribution in [0, 0.1) is 0 Å². The molecule has 0 aromatic rings. The van der Waals surface area contributed by atoms with Crippen LogP contribution in [-0.2, 0) is 4.79 Å². The van der Waals surface area contributed by atoms with Crippen LogP contribution in [0.4, 0.5) is 0 Å². The van der Waals surface area contributed by atoms with Crippen molar-refractivity contribution in [1.29, 1.82) is 0 Å². The van der Waals surface area contributed by atoms with Gasteiger partial charge in [0.15, 0.2) is 0 Å². The zero-order valence-electron chi connectivity index (χ0n) is 10.8. The molecule has 0 bridgehead atoms. The van der Waals surface area contributed by atoms with E-state index in [1.54, 1.807) is 13.0 Å². The van der Waals surface area contributed by atoms with Crippen LogP contribution in [0.2, 0.25) is 9.95 Å². The Balaban J connectivity index is 4.46. The van der Waals surface area contributed by atoms with Gasteiger partial charge in [0.25, 0.3) is 0 Å². The van der Waals surface area contributed by atoms with Crippen molar-refractivity contribution in [2.24, 2.45) is 0 Å². The molecule has 3 heteroatoms. The molecule has 0 spiro atoms. The standard InChI is InChI=1S/C6H11NO.2C3H7.Ga/c1-5(7-3)4-6(2)8;2*1-3-2;/h4H,1-3H3,(H,7,8);2*1,3H2,2H3;/q;;;+1/p-1. The van der Waals surface area contributed by atoms with Gasteiger partial charge in [-0.3, -0.25) is 0 Å². The molecule has 0 aliphatic carbocycles. The monoisotopic (exact) mass is 267 g/mol. The van der Waals surface area contributed by atoms with E-state index < -0.39 is 16.5 Å². The molecule has 0 unspecified atom stereocenters. The molecule has 0 saturated carbocycles. The molecule has 0 aliphatic heterocycles. The number of carbonyl (C=O) groups is 1. The Kier molecular flexibility index (Phi) is 7.97. The summed E-state index contributed by atoms with van der Waals surface area (Å²) in [5.74, 6) is 0.161. The second-order valence-corrected chi connectivity index (χ2v) is 11.0. The molecule has 15 heavy (non-hydrogen) atoms. The first kappa shape index (κ1) is 14.8. The van der Waals surface area contributed by atoms with Gasteiger partial charge in [-0.25, -0.2) is 0 Å². The first-order chi connectivity index (χ1) is 7.02. The molecule has 0 saturated heterocycles. The predicted molar refractivity (Wildman–Crippen MR) is 68.2 cm³/mol. The van der Waals surface area contributed by atoms with Crippen molar-refractivity contribution in [3.05, 3.63) is 11.8 Å². The summed E-state index contributed by atoms with van der Waals surface area (Å²) in [6.07, 6.45) is 4.33. The van der Waals surface area contributed by atoms with Crippen LogP contribution in [0.3, 0.4) is 0 Å². The Morgan fingerprint density at radius 3 is 2.00 bits per heavy atom. The van der Waals surface area contributed by atoms with E-state index >= 15 is 0 Å². The number of rotatable bonds is 7. The van der Waals surface area contributed by atoms with Gasteiger partial charge < -0.3 is 0 Å².